The molecule has 0 saturated carbocycles. The van der Waals surface area contributed by atoms with Crippen molar-refractivity contribution in [2.75, 3.05) is 19.8 Å². The fourth-order valence-electron chi connectivity index (χ4n) is 4.44. The molecule has 0 unspecified atom stereocenters. The van der Waals surface area contributed by atoms with Gasteiger partial charge in [0.05, 0.1) is 0 Å². The second-order valence-corrected chi connectivity index (χ2v) is 7.63. The fraction of sp³-hybridized carbons (Fsp3) is 0.941. The topological polar surface area (TPSA) is 49.8 Å². The van der Waals surface area contributed by atoms with Gasteiger partial charge in [0, 0.05) is 19.3 Å². The summed E-state index contributed by atoms with van der Waals surface area (Å²) in [6.07, 6.45) is 4.46. The van der Waals surface area contributed by atoms with Gasteiger partial charge in [0.2, 0.25) is 0 Å². The van der Waals surface area contributed by atoms with Gasteiger partial charge >= 0.3 is 5.97 Å². The van der Waals surface area contributed by atoms with Crippen molar-refractivity contribution < 1.29 is 14.6 Å². The van der Waals surface area contributed by atoms with Crippen molar-refractivity contribution in [3.8, 4) is 0 Å². The van der Waals surface area contributed by atoms with Crippen LogP contribution in [0.3, 0.4) is 0 Å². The third-order valence-electron chi connectivity index (χ3n) is 5.67. The molecule has 0 aromatic rings. The number of hydrogen-bond acceptors (Lipinski definition) is 3. The van der Waals surface area contributed by atoms with Gasteiger partial charge < -0.3 is 9.84 Å². The van der Waals surface area contributed by atoms with Crippen molar-refractivity contribution in [3.63, 3.8) is 0 Å². The van der Waals surface area contributed by atoms with Crippen molar-refractivity contribution in [3.05, 3.63) is 0 Å². The summed E-state index contributed by atoms with van der Waals surface area (Å²) in [6.45, 7) is 11.4. The number of carboxylic acid groups (broad SMARTS) is 1. The number of aliphatic carboxylic acids is 1. The molecule has 0 radical (unpaired) electrons. The van der Waals surface area contributed by atoms with E-state index in [0.717, 1.165) is 45.4 Å². The summed E-state index contributed by atoms with van der Waals surface area (Å²) in [6, 6.07) is 0.0284. The molecule has 21 heavy (non-hydrogen) atoms. The minimum atomic E-state index is -0.667. The minimum absolute atomic E-state index is 0.147. The maximum atomic E-state index is 11.7. The van der Waals surface area contributed by atoms with Crippen LogP contribution in [0.4, 0.5) is 0 Å². The Hall–Kier alpha value is -0.610. The van der Waals surface area contributed by atoms with E-state index < -0.39 is 5.97 Å². The summed E-state index contributed by atoms with van der Waals surface area (Å²) in [5.41, 5.74) is 0.156. The molecule has 2 aliphatic heterocycles. The number of nitrogens with zero attached hydrogens (tertiary/aromatic N) is 1. The standard InChI is InChI=1S/C17H31NO3/c1-12(2)15(16(19)20)18-9-5-6-14(18)17(3,4)13-7-10-21-11-8-13/h12-15H,5-11H2,1-4H3,(H,19,20)/t14-,15-/m0/s1. The summed E-state index contributed by atoms with van der Waals surface area (Å²) in [5, 5.41) is 9.64. The number of rotatable bonds is 5. The molecule has 0 spiro atoms. The van der Waals surface area contributed by atoms with Gasteiger partial charge in [-0.05, 0) is 49.5 Å². The van der Waals surface area contributed by atoms with Crippen LogP contribution >= 0.6 is 0 Å². The number of ether oxygens (including phenoxy) is 1. The molecule has 0 aliphatic carbocycles. The third-order valence-corrected chi connectivity index (χ3v) is 5.67. The van der Waals surface area contributed by atoms with Crippen molar-refractivity contribution in [1.29, 1.82) is 0 Å². The molecule has 2 saturated heterocycles. The minimum Gasteiger partial charge on any atom is -0.480 e. The molecule has 4 heteroatoms. The smallest absolute Gasteiger partial charge is 0.321 e. The van der Waals surface area contributed by atoms with E-state index in [1.54, 1.807) is 0 Å². The van der Waals surface area contributed by atoms with E-state index in [0.29, 0.717) is 12.0 Å². The van der Waals surface area contributed by atoms with Crippen LogP contribution in [0, 0.1) is 17.3 Å². The summed E-state index contributed by atoms with van der Waals surface area (Å²) >= 11 is 0. The van der Waals surface area contributed by atoms with Gasteiger partial charge in [0.25, 0.3) is 0 Å². The molecule has 2 aliphatic rings. The lowest BCUT2D eigenvalue weighted by atomic mass is 9.68. The summed E-state index contributed by atoms with van der Waals surface area (Å²) in [4.78, 5) is 14.0. The lowest BCUT2D eigenvalue weighted by molar-refractivity contribution is -0.147. The van der Waals surface area contributed by atoms with Crippen LogP contribution in [-0.2, 0) is 9.53 Å². The SMILES string of the molecule is CC(C)[C@@H](C(=O)O)N1CCC[C@H]1C(C)(C)C1CCOCC1. The molecule has 4 nitrogen and oxygen atoms in total. The average Bonchev–Trinajstić information content (AvgIpc) is 2.88. The monoisotopic (exact) mass is 297 g/mol. The number of carboxylic acids is 1. The fourth-order valence-corrected chi connectivity index (χ4v) is 4.44. The van der Waals surface area contributed by atoms with Crippen LogP contribution in [0.5, 0.6) is 0 Å². The van der Waals surface area contributed by atoms with Crippen LogP contribution in [0.15, 0.2) is 0 Å². The van der Waals surface area contributed by atoms with Crippen LogP contribution in [0.1, 0.15) is 53.4 Å². The molecule has 2 rings (SSSR count). The highest BCUT2D eigenvalue weighted by molar-refractivity contribution is 5.74. The van der Waals surface area contributed by atoms with E-state index in [9.17, 15) is 9.90 Å². The zero-order valence-electron chi connectivity index (χ0n) is 14.0. The van der Waals surface area contributed by atoms with E-state index in [1.807, 2.05) is 13.8 Å². The quantitative estimate of drug-likeness (QED) is 0.847. The first-order valence-electron chi connectivity index (χ1n) is 8.42. The Labute approximate surface area is 128 Å². The third kappa shape index (κ3) is 3.42. The maximum Gasteiger partial charge on any atom is 0.321 e. The summed E-state index contributed by atoms with van der Waals surface area (Å²) in [5.74, 6) is 0.117. The van der Waals surface area contributed by atoms with E-state index in [-0.39, 0.29) is 17.4 Å². The second kappa shape index (κ2) is 6.66. The normalized spacial score (nSPS) is 27.2. The Morgan fingerprint density at radius 3 is 2.38 bits per heavy atom. The van der Waals surface area contributed by atoms with Gasteiger partial charge in [-0.3, -0.25) is 9.69 Å². The van der Waals surface area contributed by atoms with Crippen LogP contribution in [-0.4, -0.2) is 47.8 Å². The highest BCUT2D eigenvalue weighted by atomic mass is 16.5. The lowest BCUT2D eigenvalue weighted by Crippen LogP contribution is -2.54. The van der Waals surface area contributed by atoms with Gasteiger partial charge in [-0.15, -0.1) is 0 Å². The van der Waals surface area contributed by atoms with Crippen molar-refractivity contribution in [2.45, 2.75) is 65.5 Å². The number of carbonyl (C=O) groups is 1. The Bertz CT molecular complexity index is 361. The highest BCUT2D eigenvalue weighted by Gasteiger charge is 2.46. The molecular formula is C17H31NO3. The molecule has 2 fully saturated rings. The molecule has 122 valence electrons. The van der Waals surface area contributed by atoms with Gasteiger partial charge in [0.15, 0.2) is 0 Å². The van der Waals surface area contributed by atoms with Crippen molar-refractivity contribution >= 4 is 5.97 Å². The molecule has 0 aromatic heterocycles. The van der Waals surface area contributed by atoms with Crippen molar-refractivity contribution in [2.24, 2.45) is 17.3 Å². The first kappa shape index (κ1) is 16.8. The van der Waals surface area contributed by atoms with Crippen molar-refractivity contribution in [1.82, 2.24) is 4.90 Å². The Kier molecular flexibility index (Phi) is 5.31. The number of likely N-dealkylation sites (tertiary alicyclic amines) is 1. The van der Waals surface area contributed by atoms with Crippen LogP contribution in [0.25, 0.3) is 0 Å². The van der Waals surface area contributed by atoms with Crippen LogP contribution in [0.2, 0.25) is 0 Å². The molecule has 0 amide bonds. The summed E-state index contributed by atoms with van der Waals surface area (Å²) < 4.78 is 5.50. The molecule has 2 atom stereocenters. The van der Waals surface area contributed by atoms with Gasteiger partial charge in [-0.2, -0.15) is 0 Å². The zero-order chi connectivity index (χ0) is 15.6. The Balaban J connectivity index is 2.18. The van der Waals surface area contributed by atoms with Crippen LogP contribution < -0.4 is 0 Å². The first-order chi connectivity index (χ1) is 9.85. The summed E-state index contributed by atoms with van der Waals surface area (Å²) in [7, 11) is 0. The van der Waals surface area contributed by atoms with E-state index in [4.69, 9.17) is 4.74 Å². The predicted octanol–water partition coefficient (Wildman–Crippen LogP) is 3.01. The lowest BCUT2D eigenvalue weighted by Gasteiger charge is -2.47. The maximum absolute atomic E-state index is 11.7. The second-order valence-electron chi connectivity index (χ2n) is 7.63. The number of hydrogen-bond donors (Lipinski definition) is 1. The van der Waals surface area contributed by atoms with Gasteiger partial charge in [-0.1, -0.05) is 27.7 Å². The van der Waals surface area contributed by atoms with E-state index >= 15 is 0 Å². The molecular weight excluding hydrogens is 266 g/mol. The molecule has 1 N–H and O–H groups in total. The molecule has 0 aromatic carbocycles. The van der Waals surface area contributed by atoms with Gasteiger partial charge in [-0.25, -0.2) is 0 Å². The average molecular weight is 297 g/mol. The Morgan fingerprint density at radius 2 is 1.86 bits per heavy atom. The van der Waals surface area contributed by atoms with E-state index in [1.165, 1.54) is 0 Å². The van der Waals surface area contributed by atoms with E-state index in [2.05, 4.69) is 18.7 Å². The largest absolute Gasteiger partial charge is 0.480 e. The Morgan fingerprint density at radius 1 is 1.24 bits per heavy atom. The highest BCUT2D eigenvalue weighted by Crippen LogP contribution is 2.44. The zero-order valence-corrected chi connectivity index (χ0v) is 14.0. The molecule has 0 bridgehead atoms. The van der Waals surface area contributed by atoms with Gasteiger partial charge in [0.1, 0.15) is 6.04 Å². The first-order valence-corrected chi connectivity index (χ1v) is 8.42. The predicted molar refractivity (Wildman–Crippen MR) is 83.3 cm³/mol. The molecule has 2 heterocycles.